The number of aryl methyl sites for hydroxylation is 2. The molecular weight excluding hydrogens is 326 g/mol. The summed E-state index contributed by atoms with van der Waals surface area (Å²) in [4.78, 5) is 18.6. The molecule has 0 spiro atoms. The Morgan fingerprint density at radius 2 is 1.69 bits per heavy atom. The third-order valence-corrected chi connectivity index (χ3v) is 5.24. The molecule has 4 heterocycles. The lowest BCUT2D eigenvalue weighted by molar-refractivity contribution is 0.631. The minimum atomic E-state index is 0.657. The molecule has 7 heteroatoms. The Kier molecular flexibility index (Phi) is 3.55. The summed E-state index contributed by atoms with van der Waals surface area (Å²) >= 11 is 0. The van der Waals surface area contributed by atoms with Crippen molar-refractivity contribution in [3.8, 4) is 0 Å². The lowest BCUT2D eigenvalue weighted by Crippen LogP contribution is -2.47. The lowest BCUT2D eigenvalue weighted by Gasteiger charge is -2.36. The highest BCUT2D eigenvalue weighted by atomic mass is 15.4. The number of fused-ring (bicyclic) bond motifs is 1. The molecule has 3 aromatic rings. The smallest absolute Gasteiger partial charge is 0.157 e. The van der Waals surface area contributed by atoms with E-state index < -0.39 is 0 Å². The number of hydrogen-bond acceptors (Lipinski definition) is 6. The fourth-order valence-corrected chi connectivity index (χ4v) is 3.73. The Morgan fingerprint density at radius 3 is 2.46 bits per heavy atom. The standard InChI is InChI=1S/C19H23N7/c1-13-11-19(26-17(21-13)5-6-20-26)25-9-7-24(8-10-25)18-12-16(15-3-4-15)22-14(2)23-18/h5-6,11-12,15H,3-4,7-10H2,1-2H3. The number of anilines is 2. The van der Waals surface area contributed by atoms with Crippen molar-refractivity contribution in [3.05, 3.63) is 41.6 Å². The van der Waals surface area contributed by atoms with Crippen LogP contribution in [0.15, 0.2) is 24.4 Å². The zero-order valence-electron chi connectivity index (χ0n) is 15.3. The van der Waals surface area contributed by atoms with Gasteiger partial charge in [-0.2, -0.15) is 9.61 Å². The molecule has 1 saturated heterocycles. The Labute approximate surface area is 152 Å². The molecule has 1 aliphatic carbocycles. The van der Waals surface area contributed by atoms with Crippen LogP contribution in [0.5, 0.6) is 0 Å². The second-order valence-electron chi connectivity index (χ2n) is 7.30. The predicted octanol–water partition coefficient (Wildman–Crippen LogP) is 2.34. The van der Waals surface area contributed by atoms with E-state index in [-0.39, 0.29) is 0 Å². The van der Waals surface area contributed by atoms with Gasteiger partial charge in [0.1, 0.15) is 17.5 Å². The van der Waals surface area contributed by atoms with E-state index in [1.807, 2.05) is 30.6 Å². The largest absolute Gasteiger partial charge is 0.353 e. The molecule has 2 aliphatic rings. The molecule has 2 fully saturated rings. The zero-order chi connectivity index (χ0) is 17.7. The van der Waals surface area contributed by atoms with Crippen molar-refractivity contribution in [3.63, 3.8) is 0 Å². The first-order chi connectivity index (χ1) is 12.7. The van der Waals surface area contributed by atoms with Gasteiger partial charge in [-0.3, -0.25) is 0 Å². The van der Waals surface area contributed by atoms with Crippen molar-refractivity contribution in [2.24, 2.45) is 0 Å². The van der Waals surface area contributed by atoms with E-state index in [1.54, 1.807) is 0 Å². The van der Waals surface area contributed by atoms with Crippen LogP contribution in [0.1, 0.15) is 36.0 Å². The van der Waals surface area contributed by atoms with Gasteiger partial charge in [0.2, 0.25) is 0 Å². The van der Waals surface area contributed by atoms with Crippen molar-refractivity contribution in [1.82, 2.24) is 24.6 Å². The van der Waals surface area contributed by atoms with Crippen molar-refractivity contribution in [1.29, 1.82) is 0 Å². The van der Waals surface area contributed by atoms with Gasteiger partial charge in [-0.05, 0) is 26.7 Å². The molecule has 1 saturated carbocycles. The van der Waals surface area contributed by atoms with Gasteiger partial charge in [-0.1, -0.05) is 0 Å². The van der Waals surface area contributed by atoms with Crippen LogP contribution in [0.3, 0.4) is 0 Å². The van der Waals surface area contributed by atoms with Crippen molar-refractivity contribution in [2.75, 3.05) is 36.0 Å². The molecular formula is C19H23N7. The van der Waals surface area contributed by atoms with Gasteiger partial charge in [0.05, 0.1) is 6.20 Å². The molecule has 3 aromatic heterocycles. The monoisotopic (exact) mass is 349 g/mol. The molecule has 0 bridgehead atoms. The zero-order valence-corrected chi connectivity index (χ0v) is 15.3. The Morgan fingerprint density at radius 1 is 0.923 bits per heavy atom. The van der Waals surface area contributed by atoms with E-state index in [1.165, 1.54) is 18.5 Å². The number of nitrogens with zero attached hydrogens (tertiary/aromatic N) is 7. The van der Waals surface area contributed by atoms with Gasteiger partial charge in [0.25, 0.3) is 0 Å². The summed E-state index contributed by atoms with van der Waals surface area (Å²) in [7, 11) is 0. The van der Waals surface area contributed by atoms with Gasteiger partial charge in [-0.25, -0.2) is 15.0 Å². The maximum Gasteiger partial charge on any atom is 0.157 e. The third kappa shape index (κ3) is 2.77. The molecule has 5 rings (SSSR count). The lowest BCUT2D eigenvalue weighted by atomic mass is 10.2. The minimum absolute atomic E-state index is 0.657. The molecule has 0 radical (unpaired) electrons. The summed E-state index contributed by atoms with van der Waals surface area (Å²) in [5.74, 6) is 3.74. The second kappa shape index (κ2) is 5.93. The van der Waals surface area contributed by atoms with Crippen LogP contribution in [0.2, 0.25) is 0 Å². The molecule has 0 aromatic carbocycles. The predicted molar refractivity (Wildman–Crippen MR) is 101 cm³/mol. The Hall–Kier alpha value is -2.70. The van der Waals surface area contributed by atoms with Crippen LogP contribution < -0.4 is 9.80 Å². The highest BCUT2D eigenvalue weighted by molar-refractivity contribution is 5.52. The molecule has 0 atom stereocenters. The van der Waals surface area contributed by atoms with Crippen LogP contribution in [-0.4, -0.2) is 50.7 Å². The number of hydrogen-bond donors (Lipinski definition) is 0. The molecule has 7 nitrogen and oxygen atoms in total. The van der Waals surface area contributed by atoms with Crippen LogP contribution in [0.4, 0.5) is 11.6 Å². The molecule has 0 N–H and O–H groups in total. The van der Waals surface area contributed by atoms with Gasteiger partial charge in [-0.15, -0.1) is 0 Å². The number of piperazine rings is 1. The Balaban J connectivity index is 1.37. The van der Waals surface area contributed by atoms with Crippen LogP contribution in [0.25, 0.3) is 5.65 Å². The first-order valence-electron chi connectivity index (χ1n) is 9.34. The average molecular weight is 349 g/mol. The maximum absolute atomic E-state index is 4.69. The first-order valence-corrected chi connectivity index (χ1v) is 9.34. The van der Waals surface area contributed by atoms with E-state index in [9.17, 15) is 0 Å². The number of rotatable bonds is 3. The van der Waals surface area contributed by atoms with Gasteiger partial charge >= 0.3 is 0 Å². The fourth-order valence-electron chi connectivity index (χ4n) is 3.73. The van der Waals surface area contributed by atoms with Crippen molar-refractivity contribution < 1.29 is 0 Å². The summed E-state index contributed by atoms with van der Waals surface area (Å²) in [6.07, 6.45) is 4.35. The highest BCUT2D eigenvalue weighted by Gasteiger charge is 2.27. The molecule has 0 unspecified atom stereocenters. The molecule has 0 amide bonds. The summed E-state index contributed by atoms with van der Waals surface area (Å²) in [5.41, 5.74) is 3.15. The van der Waals surface area contributed by atoms with Gasteiger partial charge < -0.3 is 9.80 Å². The van der Waals surface area contributed by atoms with Gasteiger partial charge in [0, 0.05) is 61.7 Å². The van der Waals surface area contributed by atoms with Crippen LogP contribution in [0, 0.1) is 13.8 Å². The van der Waals surface area contributed by atoms with E-state index >= 15 is 0 Å². The Bertz CT molecular complexity index is 952. The van der Waals surface area contributed by atoms with Crippen molar-refractivity contribution in [2.45, 2.75) is 32.6 Å². The summed E-state index contributed by atoms with van der Waals surface area (Å²) in [6.45, 7) is 7.82. The SMILES string of the molecule is Cc1cc(N2CCN(c3cc(C4CC4)nc(C)n3)CC2)n2nccc2n1. The fraction of sp³-hybridized carbons (Fsp3) is 0.474. The molecule has 26 heavy (non-hydrogen) atoms. The summed E-state index contributed by atoms with van der Waals surface area (Å²) in [5, 5.41) is 4.44. The summed E-state index contributed by atoms with van der Waals surface area (Å²) < 4.78 is 1.93. The quantitative estimate of drug-likeness (QED) is 0.723. The van der Waals surface area contributed by atoms with E-state index in [2.05, 4.69) is 42.0 Å². The molecule has 134 valence electrons. The van der Waals surface area contributed by atoms with Gasteiger partial charge in [0.15, 0.2) is 5.65 Å². The highest BCUT2D eigenvalue weighted by Crippen LogP contribution is 2.39. The normalized spacial score (nSPS) is 17.9. The van der Waals surface area contributed by atoms with Crippen molar-refractivity contribution >= 4 is 17.3 Å². The van der Waals surface area contributed by atoms with E-state index in [4.69, 9.17) is 0 Å². The topological polar surface area (TPSA) is 62.5 Å². The van der Waals surface area contributed by atoms with Crippen LogP contribution >= 0.6 is 0 Å². The average Bonchev–Trinajstić information content (AvgIpc) is 3.39. The number of aromatic nitrogens is 5. The van der Waals surface area contributed by atoms with Crippen LogP contribution in [-0.2, 0) is 0 Å². The minimum Gasteiger partial charge on any atom is -0.353 e. The third-order valence-electron chi connectivity index (χ3n) is 5.24. The first kappa shape index (κ1) is 15.5. The second-order valence-corrected chi connectivity index (χ2v) is 7.30. The maximum atomic E-state index is 4.69. The summed E-state index contributed by atoms with van der Waals surface area (Å²) in [6, 6.07) is 6.27. The van der Waals surface area contributed by atoms with E-state index in [0.29, 0.717) is 5.92 Å². The molecule has 1 aliphatic heterocycles. The van der Waals surface area contributed by atoms with E-state index in [0.717, 1.165) is 55.0 Å².